The number of hydrogen-bond donors (Lipinski definition) is 1. The van der Waals surface area contributed by atoms with Crippen LogP contribution in [0.1, 0.15) is 49.3 Å². The summed E-state index contributed by atoms with van der Waals surface area (Å²) in [7, 11) is 0.422. The van der Waals surface area contributed by atoms with Gasteiger partial charge in [0, 0.05) is 26.7 Å². The largest absolute Gasteiger partial charge is 0.497 e. The van der Waals surface area contributed by atoms with Crippen molar-refractivity contribution in [2.45, 2.75) is 65.1 Å². The van der Waals surface area contributed by atoms with Crippen molar-refractivity contribution in [2.75, 3.05) is 32.1 Å². The number of amides is 2. The topological polar surface area (TPSA) is 99.3 Å². The van der Waals surface area contributed by atoms with E-state index in [-0.39, 0.29) is 18.5 Å². The molecular weight excluding hydrogens is 504 g/mol. The molecule has 0 aromatic heterocycles. The number of ether oxygens (including phenoxy) is 1. The van der Waals surface area contributed by atoms with Crippen LogP contribution in [-0.4, -0.2) is 69.3 Å². The van der Waals surface area contributed by atoms with E-state index in [1.54, 1.807) is 32.2 Å². The highest BCUT2D eigenvalue weighted by Gasteiger charge is 2.34. The van der Waals surface area contributed by atoms with E-state index in [1.165, 1.54) is 19.0 Å². The van der Waals surface area contributed by atoms with E-state index in [0.717, 1.165) is 51.0 Å². The Morgan fingerprint density at radius 3 is 2.39 bits per heavy atom. The van der Waals surface area contributed by atoms with Crippen molar-refractivity contribution < 1.29 is 22.7 Å². The van der Waals surface area contributed by atoms with Crippen LogP contribution in [0.3, 0.4) is 0 Å². The van der Waals surface area contributed by atoms with Crippen molar-refractivity contribution in [2.24, 2.45) is 0 Å². The summed E-state index contributed by atoms with van der Waals surface area (Å²) in [5.74, 6) is -0.0970. The molecule has 2 aromatic rings. The lowest BCUT2D eigenvalue weighted by Gasteiger charge is -2.33. The Morgan fingerprint density at radius 1 is 1.08 bits per heavy atom. The Kier molecular flexibility index (Phi) is 9.78. The predicted molar refractivity (Wildman–Crippen MR) is 149 cm³/mol. The van der Waals surface area contributed by atoms with Gasteiger partial charge in [0.1, 0.15) is 18.3 Å². The highest BCUT2D eigenvalue weighted by molar-refractivity contribution is 7.90. The van der Waals surface area contributed by atoms with Gasteiger partial charge in [-0.1, -0.05) is 37.1 Å². The van der Waals surface area contributed by atoms with Crippen molar-refractivity contribution in [1.29, 1.82) is 0 Å². The molecule has 0 saturated heterocycles. The van der Waals surface area contributed by atoms with E-state index in [2.05, 4.69) is 5.32 Å². The molecular formula is C28H40N4O5S. The summed E-state index contributed by atoms with van der Waals surface area (Å²) in [6.07, 6.45) is 3.98. The maximum atomic E-state index is 13.9. The first-order valence-electron chi connectivity index (χ1n) is 12.9. The molecule has 10 heteroatoms. The molecule has 1 fully saturated rings. The zero-order chi connectivity index (χ0) is 28.0. The molecule has 1 atom stereocenters. The number of carbonyl (C=O) groups is 2. The normalized spacial score (nSPS) is 14.8. The summed E-state index contributed by atoms with van der Waals surface area (Å²) in [5.41, 5.74) is 2.79. The number of carbonyl (C=O) groups excluding carboxylic acids is 2. The summed E-state index contributed by atoms with van der Waals surface area (Å²) in [6, 6.07) is 12.1. The molecule has 0 heterocycles. The zero-order valence-electron chi connectivity index (χ0n) is 23.2. The van der Waals surface area contributed by atoms with E-state index in [9.17, 15) is 18.0 Å². The quantitative estimate of drug-likeness (QED) is 0.468. The first-order chi connectivity index (χ1) is 17.9. The highest BCUT2D eigenvalue weighted by Crippen LogP contribution is 2.26. The van der Waals surface area contributed by atoms with Crippen LogP contribution in [0.15, 0.2) is 42.5 Å². The fourth-order valence-electron chi connectivity index (χ4n) is 4.63. The number of anilines is 1. The van der Waals surface area contributed by atoms with E-state index in [4.69, 9.17) is 4.74 Å². The van der Waals surface area contributed by atoms with Crippen LogP contribution < -0.4 is 14.4 Å². The van der Waals surface area contributed by atoms with Gasteiger partial charge < -0.3 is 15.0 Å². The van der Waals surface area contributed by atoms with Crippen molar-refractivity contribution >= 4 is 27.7 Å². The van der Waals surface area contributed by atoms with Gasteiger partial charge in [0.2, 0.25) is 11.8 Å². The third-order valence-corrected chi connectivity index (χ3v) is 8.81. The highest BCUT2D eigenvalue weighted by atomic mass is 32.2. The van der Waals surface area contributed by atoms with Crippen LogP contribution >= 0.6 is 0 Å². The third kappa shape index (κ3) is 7.05. The van der Waals surface area contributed by atoms with Gasteiger partial charge in [0.15, 0.2) is 0 Å². The third-order valence-electron chi connectivity index (χ3n) is 7.01. The second kappa shape index (κ2) is 12.6. The van der Waals surface area contributed by atoms with Crippen LogP contribution in [0.2, 0.25) is 0 Å². The van der Waals surface area contributed by atoms with Crippen LogP contribution in [0.4, 0.5) is 5.69 Å². The minimum absolute atomic E-state index is 0.0966. The van der Waals surface area contributed by atoms with Crippen LogP contribution in [-0.2, 0) is 26.3 Å². The van der Waals surface area contributed by atoms with Gasteiger partial charge in [-0.15, -0.1) is 0 Å². The maximum absolute atomic E-state index is 13.9. The SMILES string of the molecule is COc1cccc(CN(C(=O)CN(c2cc(C)ccc2C)S(=O)(=O)N(C)C)[C@H](C)C(=O)NC2CCCC2)c1. The molecule has 0 unspecified atom stereocenters. The van der Waals surface area contributed by atoms with E-state index in [0.29, 0.717) is 11.4 Å². The minimum Gasteiger partial charge on any atom is -0.497 e. The van der Waals surface area contributed by atoms with Crippen molar-refractivity contribution in [3.05, 3.63) is 59.2 Å². The number of aryl methyl sites for hydroxylation is 2. The molecule has 0 aliphatic heterocycles. The monoisotopic (exact) mass is 544 g/mol. The lowest BCUT2D eigenvalue weighted by atomic mass is 10.1. The summed E-state index contributed by atoms with van der Waals surface area (Å²) in [5, 5.41) is 3.07. The predicted octanol–water partition coefficient (Wildman–Crippen LogP) is 3.40. The summed E-state index contributed by atoms with van der Waals surface area (Å²) in [6.45, 7) is 5.04. The van der Waals surface area contributed by atoms with E-state index in [1.807, 2.05) is 38.1 Å². The van der Waals surface area contributed by atoms with Gasteiger partial charge in [-0.05, 0) is 68.5 Å². The summed E-state index contributed by atoms with van der Waals surface area (Å²) in [4.78, 5) is 28.6. The second-order valence-electron chi connectivity index (χ2n) is 10.1. The maximum Gasteiger partial charge on any atom is 0.304 e. The standard InChI is InChI=1S/C28H40N4O5S/c1-20-14-15-21(2)26(16-20)32(38(35,36)30(4)5)19-27(33)31(18-23-10-9-13-25(17-23)37-6)22(3)28(34)29-24-11-7-8-12-24/h9-10,13-17,22,24H,7-8,11-12,18-19H2,1-6H3,(H,29,34)/t22-/m1/s1. The van der Waals surface area contributed by atoms with Gasteiger partial charge in [-0.25, -0.2) is 4.31 Å². The number of nitrogens with one attached hydrogen (secondary N) is 1. The molecule has 0 radical (unpaired) electrons. The molecule has 1 aliphatic carbocycles. The van der Waals surface area contributed by atoms with Gasteiger partial charge in [0.05, 0.1) is 12.8 Å². The Hall–Kier alpha value is -3.11. The molecule has 2 aromatic carbocycles. The Morgan fingerprint density at radius 2 is 1.76 bits per heavy atom. The number of benzene rings is 2. The summed E-state index contributed by atoms with van der Waals surface area (Å²) >= 11 is 0. The smallest absolute Gasteiger partial charge is 0.304 e. The molecule has 0 bridgehead atoms. The molecule has 1 N–H and O–H groups in total. The molecule has 3 rings (SSSR count). The first kappa shape index (κ1) is 29.4. The molecule has 2 amide bonds. The lowest BCUT2D eigenvalue weighted by Crippen LogP contribution is -2.53. The fraction of sp³-hybridized carbons (Fsp3) is 0.500. The molecule has 1 aliphatic rings. The molecule has 208 valence electrons. The first-order valence-corrected chi connectivity index (χ1v) is 14.3. The molecule has 9 nitrogen and oxygen atoms in total. The minimum atomic E-state index is -4.01. The van der Waals surface area contributed by atoms with Crippen molar-refractivity contribution in [3.63, 3.8) is 0 Å². The average Bonchev–Trinajstić information content (AvgIpc) is 3.39. The van der Waals surface area contributed by atoms with Crippen LogP contribution in [0, 0.1) is 13.8 Å². The van der Waals surface area contributed by atoms with Crippen molar-refractivity contribution in [1.82, 2.24) is 14.5 Å². The van der Waals surface area contributed by atoms with Crippen LogP contribution in [0.25, 0.3) is 0 Å². The van der Waals surface area contributed by atoms with Crippen molar-refractivity contribution in [3.8, 4) is 5.75 Å². The van der Waals surface area contributed by atoms with E-state index < -0.39 is 28.7 Å². The van der Waals surface area contributed by atoms with Gasteiger partial charge in [0.25, 0.3) is 0 Å². The fourth-order valence-corrected chi connectivity index (χ4v) is 5.75. The van der Waals surface area contributed by atoms with Crippen LogP contribution in [0.5, 0.6) is 5.75 Å². The van der Waals surface area contributed by atoms with Gasteiger partial charge in [-0.3, -0.25) is 9.59 Å². The molecule has 38 heavy (non-hydrogen) atoms. The Labute approximate surface area is 226 Å². The lowest BCUT2D eigenvalue weighted by molar-refractivity contribution is -0.139. The second-order valence-corrected chi connectivity index (χ2v) is 12.2. The summed E-state index contributed by atoms with van der Waals surface area (Å²) < 4.78 is 34.4. The van der Waals surface area contributed by atoms with E-state index >= 15 is 0 Å². The number of hydrogen-bond acceptors (Lipinski definition) is 5. The van der Waals surface area contributed by atoms with Gasteiger partial charge in [-0.2, -0.15) is 12.7 Å². The Balaban J connectivity index is 1.97. The van der Waals surface area contributed by atoms with Gasteiger partial charge >= 0.3 is 10.2 Å². The molecule has 0 spiro atoms. The number of methoxy groups -OCH3 is 1. The number of rotatable bonds is 11. The Bertz CT molecular complexity index is 1240. The zero-order valence-corrected chi connectivity index (χ0v) is 24.0. The molecule has 1 saturated carbocycles. The average molecular weight is 545 g/mol. The number of nitrogens with zero attached hydrogens (tertiary/aromatic N) is 3.